The average molecular weight is 156 g/mol. The fraction of sp³-hybridized carbons (Fsp3) is 0.250. The maximum atomic E-state index is 8.06. The van der Waals surface area contributed by atoms with Gasteiger partial charge in [0.05, 0.1) is 0 Å². The summed E-state index contributed by atoms with van der Waals surface area (Å²) >= 11 is 0. The van der Waals surface area contributed by atoms with Crippen LogP contribution in [-0.4, -0.2) is 0 Å². The second-order valence-electron chi connectivity index (χ2n) is 1.73. The van der Waals surface area contributed by atoms with Crippen molar-refractivity contribution in [1.82, 2.24) is 0 Å². The van der Waals surface area contributed by atoms with Crippen molar-refractivity contribution >= 4 is 9.12 Å². The summed E-state index contributed by atoms with van der Waals surface area (Å²) in [5, 5.41) is 0. The number of hydrogen-bond acceptors (Lipinski definition) is 1. The smallest absolute Gasteiger partial charge is 0.138 e. The van der Waals surface area contributed by atoms with E-state index in [1.165, 1.54) is 5.57 Å². The molecule has 0 atom stereocenters. The molecule has 10 heavy (non-hydrogen) atoms. The van der Waals surface area contributed by atoms with E-state index >= 15 is 0 Å². The number of allylic oxidation sites excluding steroid dienone is 3. The molecule has 0 bridgehead atoms. The van der Waals surface area contributed by atoms with Gasteiger partial charge in [0, 0.05) is 0 Å². The van der Waals surface area contributed by atoms with Crippen molar-refractivity contribution < 1.29 is 4.57 Å². The Kier molecular flexibility index (Phi) is 14.0. The van der Waals surface area contributed by atoms with Crippen LogP contribution >= 0.6 is 9.12 Å². The van der Waals surface area contributed by atoms with Crippen molar-refractivity contribution in [3.8, 4) is 0 Å². The highest BCUT2D eigenvalue weighted by atomic mass is 31.0. The van der Waals surface area contributed by atoms with E-state index in [1.54, 1.807) is 15.2 Å². The lowest BCUT2D eigenvalue weighted by Crippen LogP contribution is -1.73. The van der Waals surface area contributed by atoms with E-state index < -0.39 is 0 Å². The lowest BCUT2D eigenvalue weighted by atomic mass is 10.1. The van der Waals surface area contributed by atoms with E-state index in [9.17, 15) is 0 Å². The fourth-order valence-corrected chi connectivity index (χ4v) is 0.353. The van der Waals surface area contributed by atoms with Crippen molar-refractivity contribution in [3.05, 3.63) is 37.6 Å². The van der Waals surface area contributed by atoms with Crippen LogP contribution in [0.5, 0.6) is 0 Å². The zero-order valence-electron chi connectivity index (χ0n) is 6.26. The first-order valence-corrected chi connectivity index (χ1v) is 3.31. The molecule has 0 rings (SSSR count). The molecule has 0 amide bonds. The summed E-state index contributed by atoms with van der Waals surface area (Å²) in [4.78, 5) is 0. The van der Waals surface area contributed by atoms with Crippen LogP contribution in [0.15, 0.2) is 24.3 Å². The lowest BCUT2D eigenvalue weighted by Gasteiger charge is -1.91. The number of hydrogen-bond donors (Lipinski definition) is 0. The highest BCUT2D eigenvalue weighted by Crippen LogP contribution is 2.00. The summed E-state index contributed by atoms with van der Waals surface area (Å²) in [5.74, 6) is 0. The van der Waals surface area contributed by atoms with Crippen LogP contribution in [0, 0.1) is 13.3 Å². The molecule has 0 aromatic rings. The van der Waals surface area contributed by atoms with Crippen molar-refractivity contribution in [2.24, 2.45) is 0 Å². The predicted octanol–water partition coefficient (Wildman–Crippen LogP) is 3.02. The van der Waals surface area contributed by atoms with Crippen LogP contribution in [0.3, 0.4) is 0 Å². The summed E-state index contributed by atoms with van der Waals surface area (Å²) in [6, 6.07) is 0. The van der Waals surface area contributed by atoms with Crippen LogP contribution in [0.1, 0.15) is 13.3 Å². The first-order chi connectivity index (χ1) is 4.81. The lowest BCUT2D eigenvalue weighted by molar-refractivity contribution is 0.607. The Bertz CT molecular complexity index is 108. The summed E-state index contributed by atoms with van der Waals surface area (Å²) in [6.45, 7) is 9.23. The molecule has 56 valence electrons. The summed E-state index contributed by atoms with van der Waals surface area (Å²) < 4.78 is 8.06. The van der Waals surface area contributed by atoms with Crippen LogP contribution in [0.4, 0.5) is 0 Å². The van der Waals surface area contributed by atoms with E-state index in [2.05, 4.69) is 13.5 Å². The zero-order valence-corrected chi connectivity index (χ0v) is 7.26. The molecule has 2 heteroatoms. The third-order valence-corrected chi connectivity index (χ3v) is 0.955. The predicted molar refractivity (Wildman–Crippen MR) is 47.2 cm³/mol. The van der Waals surface area contributed by atoms with Gasteiger partial charge in [0.15, 0.2) is 0 Å². The largest absolute Gasteiger partial charge is 0.279 e. The Morgan fingerprint density at radius 3 is 2.40 bits per heavy atom. The second kappa shape index (κ2) is 11.4. The normalized spacial score (nSPS) is 9.60. The van der Waals surface area contributed by atoms with Crippen LogP contribution in [0.2, 0.25) is 0 Å². The van der Waals surface area contributed by atoms with E-state index in [1.807, 2.05) is 19.4 Å². The average Bonchev–Trinajstić information content (AvgIpc) is 2.04. The summed E-state index contributed by atoms with van der Waals surface area (Å²) in [7, 11) is 1.72. The molecule has 0 aliphatic heterocycles. The molecule has 0 unspecified atom stereocenters. The molecule has 1 nitrogen and oxygen atoms in total. The van der Waals surface area contributed by atoms with E-state index in [4.69, 9.17) is 4.57 Å². The van der Waals surface area contributed by atoms with Crippen molar-refractivity contribution in [3.63, 3.8) is 0 Å². The second-order valence-corrected chi connectivity index (χ2v) is 1.73. The Balaban J connectivity index is 0. The topological polar surface area (TPSA) is 17.1 Å². The van der Waals surface area contributed by atoms with Crippen molar-refractivity contribution in [2.75, 3.05) is 0 Å². The molecule has 0 aromatic heterocycles. The molecule has 2 radical (unpaired) electrons. The minimum atomic E-state index is 0.979. The van der Waals surface area contributed by atoms with Gasteiger partial charge >= 0.3 is 0 Å². The van der Waals surface area contributed by atoms with E-state index in [0.717, 1.165) is 6.42 Å². The summed E-state index contributed by atoms with van der Waals surface area (Å²) in [6.07, 6.45) is 6.65. The van der Waals surface area contributed by atoms with Crippen LogP contribution in [0.25, 0.3) is 0 Å². The van der Waals surface area contributed by atoms with Gasteiger partial charge < -0.3 is 0 Å². The van der Waals surface area contributed by atoms with Crippen LogP contribution in [-0.2, 0) is 4.57 Å². The minimum absolute atomic E-state index is 0.979. The van der Waals surface area contributed by atoms with Gasteiger partial charge in [0.1, 0.15) is 9.12 Å². The molecule has 0 spiro atoms. The van der Waals surface area contributed by atoms with E-state index in [0.29, 0.717) is 0 Å². The monoisotopic (exact) mass is 156 g/mol. The quantitative estimate of drug-likeness (QED) is 0.574. The molecular formula is C8H13OP. The van der Waals surface area contributed by atoms with E-state index in [-0.39, 0.29) is 0 Å². The maximum Gasteiger partial charge on any atom is 0.138 e. The summed E-state index contributed by atoms with van der Waals surface area (Å²) in [5.41, 5.74) is 1.28. The fourth-order valence-electron chi connectivity index (χ4n) is 0.353. The van der Waals surface area contributed by atoms with Gasteiger partial charge in [-0.15, -0.1) is 6.58 Å². The van der Waals surface area contributed by atoms with Gasteiger partial charge in [-0.05, 0) is 26.7 Å². The SMILES string of the molecule is O=P.[CH2]/C=C(/C)C[CH]C=C. The minimum Gasteiger partial charge on any atom is -0.279 e. The van der Waals surface area contributed by atoms with Gasteiger partial charge in [0.2, 0.25) is 0 Å². The van der Waals surface area contributed by atoms with Gasteiger partial charge in [0.25, 0.3) is 0 Å². The molecule has 0 aliphatic carbocycles. The molecule has 0 saturated heterocycles. The van der Waals surface area contributed by atoms with Gasteiger partial charge in [-0.3, -0.25) is 4.57 Å². The molecular weight excluding hydrogens is 143 g/mol. The standard InChI is InChI=1S/C8H12.HOP/c1-4-6-7-8(3)5-2;1-2/h4-6H,1-2,7H2,3H3;2H/b8-5-;. The molecule has 0 N–H and O–H groups in total. The Hall–Kier alpha value is -0.420. The van der Waals surface area contributed by atoms with Crippen molar-refractivity contribution in [2.45, 2.75) is 13.3 Å². The molecule has 0 heterocycles. The maximum absolute atomic E-state index is 8.06. The molecule has 0 fully saturated rings. The Morgan fingerprint density at radius 2 is 2.10 bits per heavy atom. The Labute approximate surface area is 65.5 Å². The van der Waals surface area contributed by atoms with Gasteiger partial charge in [-0.1, -0.05) is 17.7 Å². The van der Waals surface area contributed by atoms with Crippen LogP contribution < -0.4 is 0 Å². The zero-order chi connectivity index (χ0) is 8.41. The van der Waals surface area contributed by atoms with Crippen molar-refractivity contribution in [1.29, 1.82) is 0 Å². The van der Waals surface area contributed by atoms with Gasteiger partial charge in [-0.25, -0.2) is 0 Å². The Morgan fingerprint density at radius 1 is 1.60 bits per heavy atom. The molecule has 0 saturated carbocycles. The third-order valence-electron chi connectivity index (χ3n) is 0.955. The highest BCUT2D eigenvalue weighted by molar-refractivity contribution is 7.00. The third kappa shape index (κ3) is 10.5. The first kappa shape index (κ1) is 12.3. The number of rotatable bonds is 3. The highest BCUT2D eigenvalue weighted by Gasteiger charge is 1.82. The molecule has 0 aliphatic rings. The van der Waals surface area contributed by atoms with Gasteiger partial charge in [-0.2, -0.15) is 0 Å². The molecule has 0 aromatic carbocycles. The first-order valence-electron chi connectivity index (χ1n) is 2.90.